The van der Waals surface area contributed by atoms with Gasteiger partial charge in [0.25, 0.3) is 0 Å². The summed E-state index contributed by atoms with van der Waals surface area (Å²) < 4.78 is 16.9. The number of rotatable bonds is 7. The second kappa shape index (κ2) is 8.81. The Bertz CT molecular complexity index is 508. The van der Waals surface area contributed by atoms with E-state index < -0.39 is 6.10 Å². The Balaban J connectivity index is 1.44. The number of para-hydroxylation sites is 1. The SMILES string of the molecule is COc1ccccc1COCC(O)CN1CCOC2CCCCC21. The molecule has 5 nitrogen and oxygen atoms in total. The Morgan fingerprint density at radius 2 is 2.12 bits per heavy atom. The molecule has 1 saturated carbocycles. The van der Waals surface area contributed by atoms with Gasteiger partial charge in [-0.05, 0) is 18.9 Å². The molecule has 24 heavy (non-hydrogen) atoms. The fourth-order valence-electron chi connectivity index (χ4n) is 3.85. The minimum atomic E-state index is -0.472. The third kappa shape index (κ3) is 4.48. The number of nitrogens with zero attached hydrogens (tertiary/aromatic N) is 1. The number of aliphatic hydroxyl groups excluding tert-OH is 1. The molecule has 3 rings (SSSR count). The Morgan fingerprint density at radius 1 is 1.29 bits per heavy atom. The molecule has 1 N–H and O–H groups in total. The summed E-state index contributed by atoms with van der Waals surface area (Å²) in [6.45, 7) is 3.14. The minimum Gasteiger partial charge on any atom is -0.496 e. The maximum atomic E-state index is 10.4. The smallest absolute Gasteiger partial charge is 0.124 e. The van der Waals surface area contributed by atoms with Crippen LogP contribution in [0.1, 0.15) is 31.2 Å². The molecule has 0 spiro atoms. The maximum absolute atomic E-state index is 10.4. The van der Waals surface area contributed by atoms with Gasteiger partial charge >= 0.3 is 0 Å². The van der Waals surface area contributed by atoms with E-state index in [0.717, 1.165) is 30.9 Å². The summed E-state index contributed by atoms with van der Waals surface area (Å²) in [6.07, 6.45) is 4.75. The van der Waals surface area contributed by atoms with Gasteiger partial charge in [0.05, 0.1) is 39.1 Å². The van der Waals surface area contributed by atoms with E-state index in [2.05, 4.69) is 4.90 Å². The number of ether oxygens (including phenoxy) is 3. The van der Waals surface area contributed by atoms with Gasteiger partial charge in [0.2, 0.25) is 0 Å². The van der Waals surface area contributed by atoms with Gasteiger partial charge in [0.1, 0.15) is 5.75 Å². The van der Waals surface area contributed by atoms with Crippen LogP contribution in [-0.4, -0.2) is 61.7 Å². The van der Waals surface area contributed by atoms with E-state index in [0.29, 0.717) is 31.9 Å². The maximum Gasteiger partial charge on any atom is 0.124 e. The van der Waals surface area contributed by atoms with Gasteiger partial charge in [-0.1, -0.05) is 31.0 Å². The summed E-state index contributed by atoms with van der Waals surface area (Å²) >= 11 is 0. The lowest BCUT2D eigenvalue weighted by atomic mass is 9.90. The molecule has 5 heteroatoms. The highest BCUT2D eigenvalue weighted by molar-refractivity contribution is 5.32. The number of hydrogen-bond acceptors (Lipinski definition) is 5. The zero-order valence-electron chi connectivity index (χ0n) is 14.5. The fourth-order valence-corrected chi connectivity index (χ4v) is 3.85. The third-order valence-corrected chi connectivity index (χ3v) is 5.05. The molecule has 134 valence electrons. The molecule has 1 aliphatic heterocycles. The fraction of sp³-hybridized carbons (Fsp3) is 0.684. The van der Waals surface area contributed by atoms with Crippen LogP contribution < -0.4 is 4.74 Å². The Morgan fingerprint density at radius 3 is 3.00 bits per heavy atom. The predicted octanol–water partition coefficient (Wildman–Crippen LogP) is 2.22. The van der Waals surface area contributed by atoms with Crippen LogP contribution in [0.2, 0.25) is 0 Å². The van der Waals surface area contributed by atoms with Crippen LogP contribution in [0.5, 0.6) is 5.75 Å². The summed E-state index contributed by atoms with van der Waals surface area (Å²) in [6, 6.07) is 8.28. The van der Waals surface area contributed by atoms with Crippen molar-refractivity contribution in [2.75, 3.05) is 33.4 Å². The Labute approximate surface area is 144 Å². The lowest BCUT2D eigenvalue weighted by Gasteiger charge is -2.44. The largest absolute Gasteiger partial charge is 0.496 e. The predicted molar refractivity (Wildman–Crippen MR) is 92.2 cm³/mol. The Kier molecular flexibility index (Phi) is 6.49. The number of benzene rings is 1. The number of methoxy groups -OCH3 is 1. The highest BCUT2D eigenvalue weighted by atomic mass is 16.5. The number of hydrogen-bond donors (Lipinski definition) is 1. The van der Waals surface area contributed by atoms with Gasteiger partial charge in [0, 0.05) is 24.7 Å². The Hall–Kier alpha value is -1.14. The van der Waals surface area contributed by atoms with Crippen molar-refractivity contribution >= 4 is 0 Å². The standard InChI is InChI=1S/C19H29NO4/c1-22-18-8-4-2-6-15(18)13-23-14-16(21)12-20-10-11-24-19-9-5-3-7-17(19)20/h2,4,6,8,16-17,19,21H,3,5,7,9-14H2,1H3. The van der Waals surface area contributed by atoms with Crippen molar-refractivity contribution in [1.29, 1.82) is 0 Å². The van der Waals surface area contributed by atoms with Crippen molar-refractivity contribution in [3.05, 3.63) is 29.8 Å². The average molecular weight is 335 g/mol. The molecule has 2 fully saturated rings. The van der Waals surface area contributed by atoms with Crippen LogP contribution >= 0.6 is 0 Å². The molecule has 1 saturated heterocycles. The summed E-state index contributed by atoms with van der Waals surface area (Å²) in [5, 5.41) is 10.4. The molecular formula is C19H29NO4. The summed E-state index contributed by atoms with van der Waals surface area (Å²) in [5.41, 5.74) is 1.01. The second-order valence-corrected chi connectivity index (χ2v) is 6.74. The molecule has 1 aromatic carbocycles. The van der Waals surface area contributed by atoms with Crippen LogP contribution in [0, 0.1) is 0 Å². The van der Waals surface area contributed by atoms with E-state index in [1.54, 1.807) is 7.11 Å². The van der Waals surface area contributed by atoms with Crippen molar-refractivity contribution in [2.45, 2.75) is 50.5 Å². The monoisotopic (exact) mass is 335 g/mol. The second-order valence-electron chi connectivity index (χ2n) is 6.74. The summed E-state index contributed by atoms with van der Waals surface area (Å²) in [5.74, 6) is 0.824. The first-order valence-corrected chi connectivity index (χ1v) is 9.01. The zero-order valence-corrected chi connectivity index (χ0v) is 14.5. The van der Waals surface area contributed by atoms with Gasteiger partial charge in [-0.2, -0.15) is 0 Å². The molecule has 0 radical (unpaired) electrons. The summed E-state index contributed by atoms with van der Waals surface area (Å²) in [4.78, 5) is 2.39. The van der Waals surface area contributed by atoms with Crippen LogP contribution in [-0.2, 0) is 16.1 Å². The number of β-amino-alcohol motifs (C(OH)–C–C–N with tert-alkyl or cyclic N) is 1. The van der Waals surface area contributed by atoms with E-state index in [4.69, 9.17) is 14.2 Å². The molecule has 0 amide bonds. The molecule has 1 aromatic rings. The average Bonchev–Trinajstić information content (AvgIpc) is 2.62. The lowest BCUT2D eigenvalue weighted by molar-refractivity contribution is -0.103. The zero-order chi connectivity index (χ0) is 16.8. The van der Waals surface area contributed by atoms with Crippen LogP contribution in [0.15, 0.2) is 24.3 Å². The number of morpholine rings is 1. The lowest BCUT2D eigenvalue weighted by Crippen LogP contribution is -2.54. The van der Waals surface area contributed by atoms with E-state index in [1.807, 2.05) is 24.3 Å². The molecule has 0 aromatic heterocycles. The molecule has 1 heterocycles. The van der Waals surface area contributed by atoms with E-state index in [-0.39, 0.29) is 0 Å². The topological polar surface area (TPSA) is 51.2 Å². The van der Waals surface area contributed by atoms with Crippen LogP contribution in [0.4, 0.5) is 0 Å². The third-order valence-electron chi connectivity index (χ3n) is 5.05. The molecule has 3 unspecified atom stereocenters. The van der Waals surface area contributed by atoms with E-state index >= 15 is 0 Å². The van der Waals surface area contributed by atoms with Crippen molar-refractivity contribution in [3.8, 4) is 5.75 Å². The molecule has 3 atom stereocenters. The molecule has 2 aliphatic rings. The van der Waals surface area contributed by atoms with Gasteiger partial charge in [-0.15, -0.1) is 0 Å². The van der Waals surface area contributed by atoms with Crippen molar-refractivity contribution in [1.82, 2.24) is 4.90 Å². The number of aliphatic hydroxyl groups is 1. The van der Waals surface area contributed by atoms with Gasteiger partial charge < -0.3 is 19.3 Å². The van der Waals surface area contributed by atoms with Crippen molar-refractivity contribution in [2.24, 2.45) is 0 Å². The first-order valence-electron chi connectivity index (χ1n) is 9.01. The normalized spacial score (nSPS) is 25.9. The first-order chi connectivity index (χ1) is 11.8. The van der Waals surface area contributed by atoms with Crippen molar-refractivity contribution in [3.63, 3.8) is 0 Å². The van der Waals surface area contributed by atoms with E-state index in [9.17, 15) is 5.11 Å². The minimum absolute atomic E-state index is 0.340. The first kappa shape index (κ1) is 17.7. The van der Waals surface area contributed by atoms with E-state index in [1.165, 1.54) is 19.3 Å². The molecule has 1 aliphatic carbocycles. The van der Waals surface area contributed by atoms with Gasteiger partial charge in [-0.3, -0.25) is 4.90 Å². The van der Waals surface area contributed by atoms with Crippen LogP contribution in [0.3, 0.4) is 0 Å². The van der Waals surface area contributed by atoms with Crippen LogP contribution in [0.25, 0.3) is 0 Å². The van der Waals surface area contributed by atoms with Gasteiger partial charge in [0.15, 0.2) is 0 Å². The highest BCUT2D eigenvalue weighted by Gasteiger charge is 2.34. The quantitative estimate of drug-likeness (QED) is 0.828. The summed E-state index contributed by atoms with van der Waals surface area (Å²) in [7, 11) is 1.66. The molecule has 0 bridgehead atoms. The number of fused-ring (bicyclic) bond motifs is 1. The van der Waals surface area contributed by atoms with Gasteiger partial charge in [-0.25, -0.2) is 0 Å². The molecular weight excluding hydrogens is 306 g/mol. The van der Waals surface area contributed by atoms with Crippen molar-refractivity contribution < 1.29 is 19.3 Å². The highest BCUT2D eigenvalue weighted by Crippen LogP contribution is 2.28.